The van der Waals surface area contributed by atoms with Gasteiger partial charge in [-0.2, -0.15) is 0 Å². The molecule has 0 spiro atoms. The zero-order chi connectivity index (χ0) is 14.4. The zero-order valence-corrected chi connectivity index (χ0v) is 7.82. The molecule has 96 valence electrons. The molecule has 0 N–H and O–H groups in total. The molecule has 0 fully saturated rings. The molecular formula is C2H3N5O10. The largest absolute Gasteiger partial charge is 0.955 e. The summed E-state index contributed by atoms with van der Waals surface area (Å²) in [5, 5.41) is 48.1. The lowest BCUT2D eigenvalue weighted by atomic mass is 10.7. The van der Waals surface area contributed by atoms with Gasteiger partial charge in [0.05, 0.1) is 0 Å². The SMILES string of the molecule is C[N+](=O)[O-].O=[N+]([O-])C([N+](=O)[O-])([N+](=O)[O-])[N+](=O)[O-]. The van der Waals surface area contributed by atoms with Gasteiger partial charge in [-0.05, 0) is 0 Å². The molecule has 0 aliphatic carbocycles. The van der Waals surface area contributed by atoms with E-state index in [1.54, 1.807) is 0 Å². The van der Waals surface area contributed by atoms with Gasteiger partial charge in [0.1, 0.15) is 0 Å². The minimum atomic E-state index is -4.61. The Bertz CT molecular complexity index is 307. The highest BCUT2D eigenvalue weighted by atomic mass is 16.8. The molecule has 0 atom stereocenters. The summed E-state index contributed by atoms with van der Waals surface area (Å²) in [7, 11) is 0.889. The van der Waals surface area contributed by atoms with Crippen molar-refractivity contribution in [2.45, 2.75) is 5.91 Å². The van der Waals surface area contributed by atoms with E-state index in [4.69, 9.17) is 10.1 Å². The molecule has 0 aliphatic heterocycles. The average Bonchev–Trinajstić information content (AvgIpc) is 1.98. The number of nitro groups is 5. The Morgan fingerprint density at radius 2 is 0.765 bits per heavy atom. The molecule has 15 heteroatoms. The summed E-state index contributed by atoms with van der Waals surface area (Å²) in [5.74, 6) is -4.61. The summed E-state index contributed by atoms with van der Waals surface area (Å²) in [4.78, 5) is 38.9. The molecular weight excluding hydrogens is 254 g/mol. The van der Waals surface area contributed by atoms with Crippen molar-refractivity contribution in [1.29, 1.82) is 0 Å². The minimum Gasteiger partial charge on any atom is -0.265 e. The van der Waals surface area contributed by atoms with Crippen LogP contribution < -0.4 is 0 Å². The smallest absolute Gasteiger partial charge is 0.265 e. The highest BCUT2D eigenvalue weighted by Gasteiger charge is 2.85. The Morgan fingerprint density at radius 1 is 0.647 bits per heavy atom. The first-order valence-corrected chi connectivity index (χ1v) is 3.17. The fourth-order valence-electron chi connectivity index (χ4n) is 0.400. The van der Waals surface area contributed by atoms with Crippen LogP contribution in [0.2, 0.25) is 0 Å². The van der Waals surface area contributed by atoms with Crippen LogP contribution in [0.1, 0.15) is 0 Å². The summed E-state index contributed by atoms with van der Waals surface area (Å²) < 4.78 is 0. The third-order valence-electron chi connectivity index (χ3n) is 0.980. The van der Waals surface area contributed by atoms with Gasteiger partial charge in [0.15, 0.2) is 7.05 Å². The second-order valence-corrected chi connectivity index (χ2v) is 2.07. The molecule has 0 aliphatic rings. The summed E-state index contributed by atoms with van der Waals surface area (Å²) in [6.07, 6.45) is 0. The standard InChI is InChI=1S/CN4O8.CH3NO2/c6-2(7)1(3(8)9,4(10)11)5(12)13;1-2(3)4/h;1H3. The van der Waals surface area contributed by atoms with Crippen molar-refractivity contribution in [2.75, 3.05) is 7.05 Å². The lowest BCUT2D eigenvalue weighted by molar-refractivity contribution is -1.11. The monoisotopic (exact) mass is 257 g/mol. The Balaban J connectivity index is 0. The third kappa shape index (κ3) is 3.57. The highest BCUT2D eigenvalue weighted by Crippen LogP contribution is 2.12. The molecule has 0 aromatic heterocycles. The summed E-state index contributed by atoms with van der Waals surface area (Å²) >= 11 is 0. The van der Waals surface area contributed by atoms with Crippen molar-refractivity contribution in [3.05, 3.63) is 50.6 Å². The highest BCUT2D eigenvalue weighted by molar-refractivity contribution is 4.34. The quantitative estimate of drug-likeness (QED) is 0.325. The first-order chi connectivity index (χ1) is 7.51. The topological polar surface area (TPSA) is 216 Å². The molecule has 15 nitrogen and oxygen atoms in total. The van der Waals surface area contributed by atoms with Gasteiger partial charge in [0.25, 0.3) is 19.7 Å². The Hall–Kier alpha value is -3.00. The first kappa shape index (κ1) is 16.4. The zero-order valence-electron chi connectivity index (χ0n) is 7.82. The Kier molecular flexibility index (Phi) is 5.58. The van der Waals surface area contributed by atoms with E-state index in [2.05, 4.69) is 0 Å². The number of nitrogens with zero attached hydrogens (tertiary/aromatic N) is 5. The second-order valence-electron chi connectivity index (χ2n) is 2.07. The molecule has 0 aromatic rings. The maximum absolute atomic E-state index is 9.83. The molecule has 0 saturated heterocycles. The van der Waals surface area contributed by atoms with Gasteiger partial charge in [-0.15, -0.1) is 0 Å². The molecule has 0 amide bonds. The fourth-order valence-corrected chi connectivity index (χ4v) is 0.400. The van der Waals surface area contributed by atoms with E-state index in [9.17, 15) is 40.5 Å². The predicted molar refractivity (Wildman–Crippen MR) is 43.6 cm³/mol. The van der Waals surface area contributed by atoms with Crippen LogP contribution in [0, 0.1) is 50.6 Å². The van der Waals surface area contributed by atoms with E-state index in [-0.39, 0.29) is 0 Å². The molecule has 0 radical (unpaired) electrons. The van der Waals surface area contributed by atoms with Crippen molar-refractivity contribution in [2.24, 2.45) is 0 Å². The van der Waals surface area contributed by atoms with E-state index >= 15 is 0 Å². The number of rotatable bonds is 4. The van der Waals surface area contributed by atoms with Crippen LogP contribution in [0.25, 0.3) is 0 Å². The van der Waals surface area contributed by atoms with Crippen molar-refractivity contribution >= 4 is 0 Å². The minimum absolute atomic E-state index is 0.500. The lowest BCUT2D eigenvalue weighted by Crippen LogP contribution is -2.59. The van der Waals surface area contributed by atoms with Crippen LogP contribution in [-0.2, 0) is 0 Å². The maximum atomic E-state index is 9.83. The fraction of sp³-hybridized carbons (Fsp3) is 1.00. The van der Waals surface area contributed by atoms with Crippen LogP contribution in [0.5, 0.6) is 0 Å². The van der Waals surface area contributed by atoms with Crippen LogP contribution in [0.4, 0.5) is 0 Å². The van der Waals surface area contributed by atoms with Crippen LogP contribution >= 0.6 is 0 Å². The first-order valence-electron chi connectivity index (χ1n) is 3.17. The molecule has 0 bridgehead atoms. The van der Waals surface area contributed by atoms with Crippen LogP contribution in [0.15, 0.2) is 0 Å². The van der Waals surface area contributed by atoms with Crippen LogP contribution in [-0.4, -0.2) is 37.6 Å². The van der Waals surface area contributed by atoms with E-state index in [0.29, 0.717) is 0 Å². The summed E-state index contributed by atoms with van der Waals surface area (Å²) in [6, 6.07) is 0. The Morgan fingerprint density at radius 3 is 0.765 bits per heavy atom. The predicted octanol–water partition coefficient (Wildman–Crippen LogP) is -1.40. The van der Waals surface area contributed by atoms with Gasteiger partial charge in [0, 0.05) is 4.92 Å². The average molecular weight is 257 g/mol. The molecule has 0 unspecified atom stereocenters. The normalized spacial score (nSPS) is 9.47. The maximum Gasteiger partial charge on any atom is 0.955 e. The third-order valence-corrected chi connectivity index (χ3v) is 0.980. The van der Waals surface area contributed by atoms with Gasteiger partial charge in [-0.25, -0.2) is 40.5 Å². The number of hydrogen-bond donors (Lipinski definition) is 0. The van der Waals surface area contributed by atoms with Crippen molar-refractivity contribution in [1.82, 2.24) is 0 Å². The van der Waals surface area contributed by atoms with E-state index in [0.717, 1.165) is 7.05 Å². The Labute approximate surface area is 89.4 Å². The molecule has 0 heterocycles. The van der Waals surface area contributed by atoms with Crippen molar-refractivity contribution in [3.8, 4) is 0 Å². The number of hydrogen-bond acceptors (Lipinski definition) is 10. The summed E-state index contributed by atoms with van der Waals surface area (Å²) in [6.45, 7) is 0. The molecule has 0 aromatic carbocycles. The van der Waals surface area contributed by atoms with Crippen molar-refractivity contribution in [3.63, 3.8) is 0 Å². The van der Waals surface area contributed by atoms with E-state index < -0.39 is 30.5 Å². The van der Waals surface area contributed by atoms with Gasteiger partial charge < -0.3 is 0 Å². The lowest BCUT2D eigenvalue weighted by Gasteiger charge is -1.98. The van der Waals surface area contributed by atoms with Gasteiger partial charge in [-0.1, -0.05) is 0 Å². The van der Waals surface area contributed by atoms with Crippen LogP contribution in [0.3, 0.4) is 0 Å². The summed E-state index contributed by atoms with van der Waals surface area (Å²) in [5.41, 5.74) is 0. The van der Waals surface area contributed by atoms with E-state index in [1.807, 2.05) is 0 Å². The molecule has 0 rings (SSSR count). The van der Waals surface area contributed by atoms with Gasteiger partial charge in [-0.3, -0.25) is 10.1 Å². The molecule has 0 saturated carbocycles. The van der Waals surface area contributed by atoms with Crippen molar-refractivity contribution < 1.29 is 24.6 Å². The molecule has 17 heavy (non-hydrogen) atoms. The van der Waals surface area contributed by atoms with Gasteiger partial charge in [0.2, 0.25) is 0 Å². The van der Waals surface area contributed by atoms with Gasteiger partial charge >= 0.3 is 5.91 Å². The van der Waals surface area contributed by atoms with E-state index in [1.165, 1.54) is 0 Å². The second kappa shape index (κ2) is 5.78.